The molecule has 32 heavy (non-hydrogen) atoms. The lowest BCUT2D eigenvalue weighted by Crippen LogP contribution is -2.42. The largest absolute Gasteiger partial charge is 0.477 e. The first kappa shape index (κ1) is 19.5. The second-order valence-electron chi connectivity index (χ2n) is 7.40. The highest BCUT2D eigenvalue weighted by atomic mass is 16.3. The molecule has 4 heteroatoms. The number of rotatable bonds is 4. The van der Waals surface area contributed by atoms with Gasteiger partial charge in [-0.3, -0.25) is 0 Å². The van der Waals surface area contributed by atoms with Crippen molar-refractivity contribution in [1.29, 1.82) is 0 Å². The summed E-state index contributed by atoms with van der Waals surface area (Å²) in [4.78, 5) is 14.0. The van der Waals surface area contributed by atoms with Gasteiger partial charge < -0.3 is 5.11 Å². The minimum atomic E-state index is -0.286. The fraction of sp³-hybridized carbons (Fsp3) is 0. The van der Waals surface area contributed by atoms with E-state index in [1.54, 1.807) is 9.13 Å². The van der Waals surface area contributed by atoms with Crippen molar-refractivity contribution in [3.8, 4) is 39.8 Å². The maximum Gasteiger partial charge on any atom is 0.354 e. The van der Waals surface area contributed by atoms with Crippen LogP contribution in [0, 0.1) is 0 Å². The van der Waals surface area contributed by atoms with Gasteiger partial charge in [0.1, 0.15) is 11.4 Å². The Kier molecular flexibility index (Phi) is 5.10. The normalized spacial score (nSPS) is 10.8. The predicted molar refractivity (Wildman–Crippen MR) is 126 cm³/mol. The molecule has 1 heterocycles. The van der Waals surface area contributed by atoms with Crippen LogP contribution in [0.5, 0.6) is 5.88 Å². The van der Waals surface area contributed by atoms with Crippen molar-refractivity contribution in [3.05, 3.63) is 132 Å². The van der Waals surface area contributed by atoms with Gasteiger partial charge in [0.2, 0.25) is 0 Å². The number of aromatic nitrogens is 2. The highest BCUT2D eigenvalue weighted by Crippen LogP contribution is 2.29. The molecule has 0 amide bonds. The Morgan fingerprint density at radius 1 is 0.594 bits per heavy atom. The molecule has 0 radical (unpaired) electrons. The third-order valence-electron chi connectivity index (χ3n) is 5.40. The zero-order valence-electron chi connectivity index (χ0n) is 17.3. The van der Waals surface area contributed by atoms with E-state index in [-0.39, 0.29) is 17.0 Å². The summed E-state index contributed by atoms with van der Waals surface area (Å²) in [5.41, 5.74) is 2.91. The molecule has 0 unspecified atom stereocenters. The predicted octanol–water partition coefficient (Wildman–Crippen LogP) is 5.15. The number of hydrogen-bond acceptors (Lipinski definition) is 2. The third-order valence-corrected chi connectivity index (χ3v) is 5.40. The SMILES string of the molecule is O=c1c(-c2ccccc2)c(O)[n+](-c2ccccc2)c(-c2ccccc2)n1-c1ccccc1. The van der Waals surface area contributed by atoms with Crippen LogP contribution in [0.3, 0.4) is 0 Å². The smallest absolute Gasteiger partial charge is 0.354 e. The van der Waals surface area contributed by atoms with Crippen molar-refractivity contribution in [3.63, 3.8) is 0 Å². The molecule has 0 saturated heterocycles. The number of para-hydroxylation sites is 2. The second kappa shape index (κ2) is 8.36. The molecule has 4 nitrogen and oxygen atoms in total. The summed E-state index contributed by atoms with van der Waals surface area (Å²) in [6.07, 6.45) is 0. The standard InChI is InChI=1S/C28H20N2O2/c31-27-25(21-13-5-1-6-14-21)28(32)30(24-19-11-4-12-20-24)26(22-15-7-2-8-16-22)29(27)23-17-9-3-10-18-23/h1-20H/p+1. The van der Waals surface area contributed by atoms with E-state index < -0.39 is 0 Å². The third kappa shape index (κ3) is 3.38. The van der Waals surface area contributed by atoms with Crippen LogP contribution in [-0.4, -0.2) is 9.67 Å². The molecule has 0 bridgehead atoms. The van der Waals surface area contributed by atoms with Gasteiger partial charge in [0.25, 0.3) is 0 Å². The topological polar surface area (TPSA) is 46.1 Å². The summed E-state index contributed by atoms with van der Waals surface area (Å²) >= 11 is 0. The van der Waals surface area contributed by atoms with Gasteiger partial charge in [-0.1, -0.05) is 84.9 Å². The highest BCUT2D eigenvalue weighted by Gasteiger charge is 2.32. The Balaban J connectivity index is 2.00. The Labute approximate surface area is 185 Å². The van der Waals surface area contributed by atoms with Crippen molar-refractivity contribution in [1.82, 2.24) is 4.57 Å². The van der Waals surface area contributed by atoms with Crippen LogP contribution in [-0.2, 0) is 0 Å². The van der Waals surface area contributed by atoms with Crippen LogP contribution in [0.4, 0.5) is 0 Å². The van der Waals surface area contributed by atoms with Crippen LogP contribution in [0.2, 0.25) is 0 Å². The molecular formula is C28H21N2O2+. The molecule has 1 aromatic heterocycles. The number of nitrogens with zero attached hydrogens (tertiary/aromatic N) is 2. The average molecular weight is 417 g/mol. The number of hydrogen-bond donors (Lipinski definition) is 1. The van der Waals surface area contributed by atoms with Crippen molar-refractivity contribution < 1.29 is 9.67 Å². The average Bonchev–Trinajstić information content (AvgIpc) is 2.86. The summed E-state index contributed by atoms with van der Waals surface area (Å²) in [5, 5.41) is 11.5. The van der Waals surface area contributed by atoms with Crippen molar-refractivity contribution in [2.75, 3.05) is 0 Å². The summed E-state index contributed by atoms with van der Waals surface area (Å²) in [7, 11) is 0. The quantitative estimate of drug-likeness (QED) is 0.411. The van der Waals surface area contributed by atoms with Gasteiger partial charge in [-0.25, -0.2) is 4.79 Å². The van der Waals surface area contributed by atoms with Crippen LogP contribution >= 0.6 is 0 Å². The Morgan fingerprint density at radius 3 is 1.62 bits per heavy atom. The molecule has 0 aliphatic heterocycles. The van der Waals surface area contributed by atoms with Crippen LogP contribution in [0.15, 0.2) is 126 Å². The van der Waals surface area contributed by atoms with Gasteiger partial charge in [0.15, 0.2) is 5.56 Å². The Hall–Kier alpha value is -4.44. The van der Waals surface area contributed by atoms with Gasteiger partial charge in [-0.05, 0) is 42.0 Å². The number of benzene rings is 4. The minimum absolute atomic E-state index is 0.0987. The van der Waals surface area contributed by atoms with E-state index in [1.807, 2.05) is 121 Å². The molecule has 0 saturated carbocycles. The summed E-state index contributed by atoms with van der Waals surface area (Å²) in [5.74, 6) is 0.476. The number of aromatic hydroxyl groups is 1. The summed E-state index contributed by atoms with van der Waals surface area (Å²) < 4.78 is 3.41. The van der Waals surface area contributed by atoms with Gasteiger partial charge in [0, 0.05) is 0 Å². The van der Waals surface area contributed by atoms with Crippen LogP contribution in [0.25, 0.3) is 33.9 Å². The van der Waals surface area contributed by atoms with E-state index in [9.17, 15) is 9.90 Å². The molecule has 0 atom stereocenters. The highest BCUT2D eigenvalue weighted by molar-refractivity contribution is 5.69. The van der Waals surface area contributed by atoms with Gasteiger partial charge >= 0.3 is 17.3 Å². The first-order valence-electron chi connectivity index (χ1n) is 10.4. The fourth-order valence-electron chi connectivity index (χ4n) is 3.96. The molecule has 0 aliphatic rings. The summed E-state index contributed by atoms with van der Waals surface area (Å²) in [6, 6.07) is 38.0. The first-order valence-corrected chi connectivity index (χ1v) is 10.4. The monoisotopic (exact) mass is 417 g/mol. The summed E-state index contributed by atoms with van der Waals surface area (Å²) in [6.45, 7) is 0. The van der Waals surface area contributed by atoms with Crippen molar-refractivity contribution in [2.24, 2.45) is 0 Å². The Morgan fingerprint density at radius 2 is 1.06 bits per heavy atom. The zero-order chi connectivity index (χ0) is 21.9. The molecule has 0 fully saturated rings. The maximum absolute atomic E-state index is 14.0. The molecule has 154 valence electrons. The van der Waals surface area contributed by atoms with E-state index in [4.69, 9.17) is 0 Å². The van der Waals surface area contributed by atoms with E-state index in [1.165, 1.54) is 0 Å². The lowest BCUT2D eigenvalue weighted by molar-refractivity contribution is -0.596. The lowest BCUT2D eigenvalue weighted by Gasteiger charge is -2.15. The molecule has 4 aromatic carbocycles. The molecule has 5 aromatic rings. The van der Waals surface area contributed by atoms with E-state index in [2.05, 4.69) is 0 Å². The molecule has 5 rings (SSSR count). The van der Waals surface area contributed by atoms with Crippen molar-refractivity contribution in [2.45, 2.75) is 0 Å². The molecule has 0 spiro atoms. The van der Waals surface area contributed by atoms with E-state index in [0.29, 0.717) is 11.4 Å². The fourth-order valence-corrected chi connectivity index (χ4v) is 3.96. The lowest BCUT2D eigenvalue weighted by atomic mass is 10.1. The van der Waals surface area contributed by atoms with Crippen LogP contribution < -0.4 is 10.1 Å². The molecular weight excluding hydrogens is 396 g/mol. The van der Waals surface area contributed by atoms with E-state index >= 15 is 0 Å². The molecule has 0 aliphatic carbocycles. The Bertz CT molecular complexity index is 1410. The molecule has 1 N–H and O–H groups in total. The first-order chi connectivity index (χ1) is 15.8. The zero-order valence-corrected chi connectivity index (χ0v) is 17.3. The van der Waals surface area contributed by atoms with E-state index in [0.717, 1.165) is 16.9 Å². The maximum atomic E-state index is 14.0. The van der Waals surface area contributed by atoms with Crippen LogP contribution in [0.1, 0.15) is 0 Å². The van der Waals surface area contributed by atoms with Gasteiger partial charge in [-0.2, -0.15) is 9.13 Å². The van der Waals surface area contributed by atoms with Gasteiger partial charge in [-0.15, -0.1) is 0 Å². The van der Waals surface area contributed by atoms with Gasteiger partial charge in [0.05, 0.1) is 5.56 Å². The minimum Gasteiger partial charge on any atom is -0.477 e. The second-order valence-corrected chi connectivity index (χ2v) is 7.40. The van der Waals surface area contributed by atoms with Crippen molar-refractivity contribution >= 4 is 0 Å².